The van der Waals surface area contributed by atoms with Crippen LogP contribution in [0.1, 0.15) is 5.56 Å². The van der Waals surface area contributed by atoms with Gasteiger partial charge < -0.3 is 4.74 Å². The fraction of sp³-hybridized carbons (Fsp3) is 0.100. The third-order valence-electron chi connectivity index (χ3n) is 3.73. The van der Waals surface area contributed by atoms with Gasteiger partial charge in [0.25, 0.3) is 0 Å². The highest BCUT2D eigenvalue weighted by molar-refractivity contribution is 5.88. The van der Waals surface area contributed by atoms with E-state index in [1.807, 2.05) is 18.2 Å². The molecular formula is C20H18O. The SMILES string of the molecule is COc1ccccc1-c1c(C)cccc1-c1ccccc1. The zero-order valence-corrected chi connectivity index (χ0v) is 12.3. The van der Waals surface area contributed by atoms with Gasteiger partial charge in [-0.25, -0.2) is 0 Å². The van der Waals surface area contributed by atoms with E-state index in [0.717, 1.165) is 11.3 Å². The number of ether oxygens (including phenoxy) is 1. The number of methoxy groups -OCH3 is 1. The first kappa shape index (κ1) is 13.4. The predicted molar refractivity (Wildman–Crippen MR) is 88.6 cm³/mol. The van der Waals surface area contributed by atoms with Crippen LogP contribution in [0.2, 0.25) is 0 Å². The highest BCUT2D eigenvalue weighted by Crippen LogP contribution is 2.39. The smallest absolute Gasteiger partial charge is 0.126 e. The van der Waals surface area contributed by atoms with Gasteiger partial charge >= 0.3 is 0 Å². The number of hydrogen-bond acceptors (Lipinski definition) is 1. The Hall–Kier alpha value is -2.54. The lowest BCUT2D eigenvalue weighted by Crippen LogP contribution is -1.92. The van der Waals surface area contributed by atoms with Gasteiger partial charge in [0.15, 0.2) is 0 Å². The summed E-state index contributed by atoms with van der Waals surface area (Å²) in [5.41, 5.74) is 6.08. The summed E-state index contributed by atoms with van der Waals surface area (Å²) in [4.78, 5) is 0. The Morgan fingerprint density at radius 2 is 1.33 bits per heavy atom. The summed E-state index contributed by atoms with van der Waals surface area (Å²) in [7, 11) is 1.72. The summed E-state index contributed by atoms with van der Waals surface area (Å²) >= 11 is 0. The molecule has 0 saturated carbocycles. The molecule has 3 aromatic carbocycles. The highest BCUT2D eigenvalue weighted by atomic mass is 16.5. The Morgan fingerprint density at radius 3 is 2.10 bits per heavy atom. The lowest BCUT2D eigenvalue weighted by Gasteiger charge is -2.16. The van der Waals surface area contributed by atoms with Gasteiger partial charge in [-0.1, -0.05) is 66.7 Å². The van der Waals surface area contributed by atoms with Crippen molar-refractivity contribution < 1.29 is 4.74 Å². The molecule has 0 aromatic heterocycles. The third kappa shape index (κ3) is 2.55. The average Bonchev–Trinajstić information content (AvgIpc) is 2.55. The van der Waals surface area contributed by atoms with Gasteiger partial charge in [-0.05, 0) is 35.2 Å². The first-order valence-corrected chi connectivity index (χ1v) is 7.09. The van der Waals surface area contributed by atoms with Crippen LogP contribution in [0.3, 0.4) is 0 Å². The van der Waals surface area contributed by atoms with Gasteiger partial charge in [0, 0.05) is 5.56 Å². The van der Waals surface area contributed by atoms with E-state index in [9.17, 15) is 0 Å². The van der Waals surface area contributed by atoms with Crippen LogP contribution in [0.15, 0.2) is 72.8 Å². The van der Waals surface area contributed by atoms with E-state index < -0.39 is 0 Å². The van der Waals surface area contributed by atoms with Crippen LogP contribution in [0.25, 0.3) is 22.3 Å². The van der Waals surface area contributed by atoms with Crippen molar-refractivity contribution in [2.45, 2.75) is 6.92 Å². The topological polar surface area (TPSA) is 9.23 Å². The molecule has 0 saturated heterocycles. The Morgan fingerprint density at radius 1 is 0.667 bits per heavy atom. The number of aryl methyl sites for hydroxylation is 1. The standard InChI is InChI=1S/C20H18O/c1-15-9-8-13-17(16-10-4-3-5-11-16)20(15)18-12-6-7-14-19(18)21-2/h3-14H,1-2H3. The molecule has 0 radical (unpaired) electrons. The summed E-state index contributed by atoms with van der Waals surface area (Å²) < 4.78 is 5.55. The molecule has 0 aliphatic carbocycles. The van der Waals surface area contributed by atoms with Crippen LogP contribution >= 0.6 is 0 Å². The molecule has 0 aliphatic rings. The van der Waals surface area contributed by atoms with Crippen molar-refractivity contribution in [1.29, 1.82) is 0 Å². The van der Waals surface area contributed by atoms with Gasteiger partial charge in [-0.3, -0.25) is 0 Å². The minimum Gasteiger partial charge on any atom is -0.496 e. The van der Waals surface area contributed by atoms with E-state index in [1.54, 1.807) is 7.11 Å². The van der Waals surface area contributed by atoms with Crippen molar-refractivity contribution >= 4 is 0 Å². The number of para-hydroxylation sites is 1. The molecular weight excluding hydrogens is 256 g/mol. The quantitative estimate of drug-likeness (QED) is 0.626. The molecule has 0 fully saturated rings. The minimum atomic E-state index is 0.906. The van der Waals surface area contributed by atoms with Crippen LogP contribution in [0.4, 0.5) is 0 Å². The Bertz CT molecular complexity index is 745. The zero-order valence-electron chi connectivity index (χ0n) is 12.3. The number of hydrogen-bond donors (Lipinski definition) is 0. The molecule has 0 aliphatic heterocycles. The van der Waals surface area contributed by atoms with E-state index in [-0.39, 0.29) is 0 Å². The number of benzene rings is 3. The van der Waals surface area contributed by atoms with Crippen molar-refractivity contribution in [2.75, 3.05) is 7.11 Å². The first-order valence-electron chi connectivity index (χ1n) is 7.09. The van der Waals surface area contributed by atoms with Gasteiger partial charge in [-0.15, -0.1) is 0 Å². The molecule has 0 N–H and O–H groups in total. The minimum absolute atomic E-state index is 0.906. The fourth-order valence-electron chi connectivity index (χ4n) is 2.73. The average molecular weight is 274 g/mol. The van der Waals surface area contributed by atoms with Gasteiger partial charge in [-0.2, -0.15) is 0 Å². The normalized spacial score (nSPS) is 10.4. The van der Waals surface area contributed by atoms with E-state index in [4.69, 9.17) is 4.74 Å². The molecule has 3 rings (SSSR count). The molecule has 0 spiro atoms. The van der Waals surface area contributed by atoms with Crippen molar-refractivity contribution in [3.05, 3.63) is 78.4 Å². The molecule has 0 heterocycles. The van der Waals surface area contributed by atoms with Gasteiger partial charge in [0.05, 0.1) is 7.11 Å². The molecule has 3 aromatic rings. The second-order valence-corrected chi connectivity index (χ2v) is 5.06. The molecule has 0 atom stereocenters. The van der Waals surface area contributed by atoms with Crippen LogP contribution in [-0.4, -0.2) is 7.11 Å². The van der Waals surface area contributed by atoms with Crippen molar-refractivity contribution in [3.8, 4) is 28.0 Å². The van der Waals surface area contributed by atoms with Crippen LogP contribution in [0.5, 0.6) is 5.75 Å². The molecule has 0 bridgehead atoms. The number of rotatable bonds is 3. The van der Waals surface area contributed by atoms with Gasteiger partial charge in [0.1, 0.15) is 5.75 Å². The predicted octanol–water partition coefficient (Wildman–Crippen LogP) is 5.34. The Balaban J connectivity index is 2.28. The van der Waals surface area contributed by atoms with Crippen molar-refractivity contribution in [3.63, 3.8) is 0 Å². The summed E-state index contributed by atoms with van der Waals surface area (Å²) in [5.74, 6) is 0.906. The van der Waals surface area contributed by atoms with Gasteiger partial charge in [0.2, 0.25) is 0 Å². The Labute approximate surface area is 125 Å². The van der Waals surface area contributed by atoms with Crippen LogP contribution in [0, 0.1) is 6.92 Å². The van der Waals surface area contributed by atoms with Crippen LogP contribution < -0.4 is 4.74 Å². The molecule has 104 valence electrons. The summed E-state index contributed by atoms with van der Waals surface area (Å²) in [5, 5.41) is 0. The molecule has 0 amide bonds. The van der Waals surface area contributed by atoms with Crippen LogP contribution in [-0.2, 0) is 0 Å². The highest BCUT2D eigenvalue weighted by Gasteiger charge is 2.13. The summed E-state index contributed by atoms with van der Waals surface area (Å²) in [6.07, 6.45) is 0. The second-order valence-electron chi connectivity index (χ2n) is 5.06. The third-order valence-corrected chi connectivity index (χ3v) is 3.73. The zero-order chi connectivity index (χ0) is 14.7. The maximum atomic E-state index is 5.55. The molecule has 1 heteroatoms. The van der Waals surface area contributed by atoms with E-state index in [0.29, 0.717) is 0 Å². The van der Waals surface area contributed by atoms with E-state index in [2.05, 4.69) is 61.5 Å². The lowest BCUT2D eigenvalue weighted by molar-refractivity contribution is 0.416. The largest absolute Gasteiger partial charge is 0.496 e. The summed E-state index contributed by atoms with van der Waals surface area (Å²) in [6.45, 7) is 2.15. The maximum absolute atomic E-state index is 5.55. The molecule has 1 nitrogen and oxygen atoms in total. The lowest BCUT2D eigenvalue weighted by atomic mass is 9.90. The first-order chi connectivity index (χ1) is 10.3. The Kier molecular flexibility index (Phi) is 3.74. The summed E-state index contributed by atoms with van der Waals surface area (Å²) in [6, 6.07) is 25.1. The fourth-order valence-corrected chi connectivity index (χ4v) is 2.73. The van der Waals surface area contributed by atoms with Crippen molar-refractivity contribution in [2.24, 2.45) is 0 Å². The maximum Gasteiger partial charge on any atom is 0.126 e. The van der Waals surface area contributed by atoms with E-state index >= 15 is 0 Å². The second kappa shape index (κ2) is 5.84. The van der Waals surface area contributed by atoms with E-state index in [1.165, 1.54) is 22.3 Å². The molecule has 0 unspecified atom stereocenters. The monoisotopic (exact) mass is 274 g/mol. The molecule has 21 heavy (non-hydrogen) atoms. The van der Waals surface area contributed by atoms with Crippen molar-refractivity contribution in [1.82, 2.24) is 0 Å².